The number of benzene rings is 1. The van der Waals surface area contributed by atoms with E-state index in [9.17, 15) is 18.0 Å². The third-order valence-electron chi connectivity index (χ3n) is 6.96. The Labute approximate surface area is 175 Å². The molecule has 1 spiro atoms. The van der Waals surface area contributed by atoms with E-state index >= 15 is 0 Å². The number of rotatable bonds is 3. The summed E-state index contributed by atoms with van der Waals surface area (Å²) in [4.78, 5) is 19.4. The zero-order valence-electron chi connectivity index (χ0n) is 17.5. The molecular weight excluding hydrogens is 395 g/mol. The van der Waals surface area contributed by atoms with Crippen molar-refractivity contribution in [3.05, 3.63) is 35.4 Å². The van der Waals surface area contributed by atoms with Gasteiger partial charge in [-0.05, 0) is 62.5 Å². The molecule has 0 aliphatic carbocycles. The number of alkyl halides is 3. The average molecular weight is 425 g/mol. The maximum Gasteiger partial charge on any atom is 0.416 e. The average Bonchev–Trinajstić information content (AvgIpc) is 3.05. The Kier molecular flexibility index (Phi) is 6.10. The van der Waals surface area contributed by atoms with Crippen molar-refractivity contribution in [3.8, 4) is 0 Å². The molecule has 1 atom stereocenters. The van der Waals surface area contributed by atoms with Gasteiger partial charge >= 0.3 is 6.18 Å². The second kappa shape index (κ2) is 8.48. The van der Waals surface area contributed by atoms with E-state index in [0.29, 0.717) is 32.8 Å². The van der Waals surface area contributed by atoms with Crippen molar-refractivity contribution in [1.29, 1.82) is 0 Å². The van der Waals surface area contributed by atoms with Gasteiger partial charge in [-0.25, -0.2) is 0 Å². The van der Waals surface area contributed by atoms with E-state index in [4.69, 9.17) is 4.74 Å². The van der Waals surface area contributed by atoms with E-state index in [2.05, 4.69) is 9.80 Å². The summed E-state index contributed by atoms with van der Waals surface area (Å²) in [7, 11) is 2.05. The van der Waals surface area contributed by atoms with Crippen molar-refractivity contribution in [1.82, 2.24) is 14.7 Å². The van der Waals surface area contributed by atoms with Crippen LogP contribution >= 0.6 is 0 Å². The molecule has 1 aromatic rings. The highest BCUT2D eigenvalue weighted by Crippen LogP contribution is 2.43. The Morgan fingerprint density at radius 2 is 1.73 bits per heavy atom. The Bertz CT molecular complexity index is 739. The molecule has 0 bridgehead atoms. The lowest BCUT2D eigenvalue weighted by Gasteiger charge is -2.39. The molecule has 5 nitrogen and oxygen atoms in total. The molecular formula is C22H30F3N3O2. The van der Waals surface area contributed by atoms with E-state index < -0.39 is 11.7 Å². The minimum atomic E-state index is -4.29. The van der Waals surface area contributed by atoms with Gasteiger partial charge in [-0.2, -0.15) is 13.2 Å². The van der Waals surface area contributed by atoms with E-state index in [1.807, 2.05) is 11.9 Å². The summed E-state index contributed by atoms with van der Waals surface area (Å²) in [5, 5.41) is 0. The first-order chi connectivity index (χ1) is 14.3. The molecule has 1 amide bonds. The number of ether oxygens (including phenoxy) is 1. The molecule has 30 heavy (non-hydrogen) atoms. The number of hydrogen-bond donors (Lipinski definition) is 0. The van der Waals surface area contributed by atoms with E-state index in [1.165, 1.54) is 0 Å². The number of carbonyl (C=O) groups excluding carboxylic acids is 1. The molecule has 8 heteroatoms. The molecule has 4 rings (SSSR count). The van der Waals surface area contributed by atoms with Gasteiger partial charge in [0.2, 0.25) is 5.91 Å². The predicted octanol–water partition coefficient (Wildman–Crippen LogP) is 2.85. The molecule has 3 fully saturated rings. The highest BCUT2D eigenvalue weighted by atomic mass is 19.4. The zero-order valence-corrected chi connectivity index (χ0v) is 17.5. The maximum atomic E-state index is 13.0. The van der Waals surface area contributed by atoms with E-state index in [1.54, 1.807) is 12.1 Å². The fraction of sp³-hybridized carbons (Fsp3) is 0.682. The molecule has 3 aliphatic heterocycles. The van der Waals surface area contributed by atoms with Gasteiger partial charge in [-0.3, -0.25) is 14.6 Å². The lowest BCUT2D eigenvalue weighted by atomic mass is 9.76. The summed E-state index contributed by atoms with van der Waals surface area (Å²) >= 11 is 0. The summed E-state index contributed by atoms with van der Waals surface area (Å²) in [5.74, 6) is 0.227. The fourth-order valence-corrected chi connectivity index (χ4v) is 5.15. The monoisotopic (exact) mass is 425 g/mol. The van der Waals surface area contributed by atoms with Gasteiger partial charge in [0.05, 0.1) is 24.8 Å². The van der Waals surface area contributed by atoms with Crippen LogP contribution in [0.3, 0.4) is 0 Å². The Morgan fingerprint density at radius 1 is 1.10 bits per heavy atom. The number of halogens is 3. The highest BCUT2D eigenvalue weighted by molar-refractivity contribution is 5.82. The molecule has 3 saturated heterocycles. The maximum absolute atomic E-state index is 13.0. The topological polar surface area (TPSA) is 36.0 Å². The van der Waals surface area contributed by atoms with Crippen LogP contribution < -0.4 is 0 Å². The lowest BCUT2D eigenvalue weighted by Crippen LogP contribution is -2.48. The molecule has 0 saturated carbocycles. The lowest BCUT2D eigenvalue weighted by molar-refractivity contribution is -0.140. The summed E-state index contributed by atoms with van der Waals surface area (Å²) in [6.07, 6.45) is -1.36. The highest BCUT2D eigenvalue weighted by Gasteiger charge is 2.47. The number of nitrogens with zero attached hydrogens (tertiary/aromatic N) is 3. The van der Waals surface area contributed by atoms with Crippen LogP contribution in [0.4, 0.5) is 13.2 Å². The van der Waals surface area contributed by atoms with Gasteiger partial charge in [-0.1, -0.05) is 12.1 Å². The molecule has 0 N–H and O–H groups in total. The number of hydrogen-bond acceptors (Lipinski definition) is 4. The number of amides is 1. The van der Waals surface area contributed by atoms with Crippen LogP contribution in [0.25, 0.3) is 0 Å². The van der Waals surface area contributed by atoms with Crippen molar-refractivity contribution in [3.63, 3.8) is 0 Å². The van der Waals surface area contributed by atoms with Crippen LogP contribution in [0.1, 0.15) is 30.4 Å². The molecule has 3 aliphatic rings. The van der Waals surface area contributed by atoms with Gasteiger partial charge in [0.15, 0.2) is 0 Å². The zero-order chi connectivity index (χ0) is 21.4. The summed E-state index contributed by atoms with van der Waals surface area (Å²) in [6, 6.07) is 5.43. The van der Waals surface area contributed by atoms with Crippen LogP contribution in [0.2, 0.25) is 0 Å². The van der Waals surface area contributed by atoms with Gasteiger partial charge in [-0.15, -0.1) is 0 Å². The van der Waals surface area contributed by atoms with Crippen molar-refractivity contribution in [2.24, 2.45) is 5.41 Å². The largest absolute Gasteiger partial charge is 0.416 e. The normalized spacial score (nSPS) is 25.7. The van der Waals surface area contributed by atoms with E-state index in [-0.39, 0.29) is 17.4 Å². The molecule has 0 radical (unpaired) electrons. The van der Waals surface area contributed by atoms with Crippen molar-refractivity contribution in [2.45, 2.75) is 38.0 Å². The van der Waals surface area contributed by atoms with E-state index in [0.717, 1.165) is 56.6 Å². The van der Waals surface area contributed by atoms with Gasteiger partial charge in [0.25, 0.3) is 0 Å². The van der Waals surface area contributed by atoms with Crippen molar-refractivity contribution >= 4 is 5.91 Å². The SMILES string of the molecule is CN1CC2(CCN(Cc3ccc(C(F)(F)F)cc3)CC2)C[C@H]1C(=O)N1CCOCC1. The van der Waals surface area contributed by atoms with Crippen LogP contribution in [0, 0.1) is 5.41 Å². The van der Waals surface area contributed by atoms with Crippen LogP contribution in [0.5, 0.6) is 0 Å². The summed E-state index contributed by atoms with van der Waals surface area (Å²) in [5.41, 5.74) is 0.467. The first kappa shape index (κ1) is 21.6. The Balaban J connectivity index is 1.31. The second-order valence-electron chi connectivity index (χ2n) is 9.04. The quantitative estimate of drug-likeness (QED) is 0.746. The molecule has 0 unspecified atom stereocenters. The van der Waals surface area contributed by atoms with Crippen molar-refractivity contribution in [2.75, 3.05) is 53.0 Å². The predicted molar refractivity (Wildman–Crippen MR) is 107 cm³/mol. The van der Waals surface area contributed by atoms with Crippen LogP contribution in [-0.2, 0) is 22.3 Å². The Morgan fingerprint density at radius 3 is 2.33 bits per heavy atom. The summed E-state index contributed by atoms with van der Waals surface area (Å²) < 4.78 is 43.6. The third kappa shape index (κ3) is 4.65. The molecule has 166 valence electrons. The number of likely N-dealkylation sites (N-methyl/N-ethyl adjacent to an activating group) is 1. The smallest absolute Gasteiger partial charge is 0.378 e. The van der Waals surface area contributed by atoms with Gasteiger partial charge in [0.1, 0.15) is 0 Å². The van der Waals surface area contributed by atoms with Crippen LogP contribution in [-0.4, -0.2) is 79.6 Å². The standard InChI is InChI=1S/C22H30F3N3O2/c1-26-16-21(14-19(26)20(29)28-10-12-30-13-11-28)6-8-27(9-7-21)15-17-2-4-18(5-3-17)22(23,24)25/h2-5,19H,6-16H2,1H3/t19-/m0/s1. The van der Waals surface area contributed by atoms with Gasteiger partial charge in [0, 0.05) is 26.2 Å². The fourth-order valence-electron chi connectivity index (χ4n) is 5.15. The van der Waals surface area contributed by atoms with Crippen LogP contribution in [0.15, 0.2) is 24.3 Å². The second-order valence-corrected chi connectivity index (χ2v) is 9.04. The first-order valence-corrected chi connectivity index (χ1v) is 10.7. The van der Waals surface area contributed by atoms with Crippen molar-refractivity contribution < 1.29 is 22.7 Å². The minimum Gasteiger partial charge on any atom is -0.378 e. The third-order valence-corrected chi connectivity index (χ3v) is 6.96. The number of morpholine rings is 1. The minimum absolute atomic E-state index is 0.0513. The number of likely N-dealkylation sites (tertiary alicyclic amines) is 2. The molecule has 3 heterocycles. The number of piperidine rings is 1. The molecule has 0 aromatic heterocycles. The number of carbonyl (C=O) groups is 1. The molecule has 1 aromatic carbocycles. The van der Waals surface area contributed by atoms with Gasteiger partial charge < -0.3 is 9.64 Å². The first-order valence-electron chi connectivity index (χ1n) is 10.7. The Hall–Kier alpha value is -1.64. The summed E-state index contributed by atoms with van der Waals surface area (Å²) in [6.45, 7) is 6.01.